The Morgan fingerprint density at radius 3 is 2.52 bits per heavy atom. The second kappa shape index (κ2) is 7.44. The van der Waals surface area contributed by atoms with Gasteiger partial charge in [-0.2, -0.15) is 0 Å². The summed E-state index contributed by atoms with van der Waals surface area (Å²) in [5.41, 5.74) is 0.713. The van der Waals surface area contributed by atoms with Crippen LogP contribution in [0.5, 0.6) is 0 Å². The van der Waals surface area contributed by atoms with Gasteiger partial charge in [-0.25, -0.2) is 0 Å². The molecule has 1 aromatic carbocycles. The third kappa shape index (κ3) is 3.92. The molecule has 4 nitrogen and oxygen atoms in total. The van der Waals surface area contributed by atoms with Crippen LogP contribution in [0.25, 0.3) is 0 Å². The van der Waals surface area contributed by atoms with E-state index in [-0.39, 0.29) is 17.9 Å². The summed E-state index contributed by atoms with van der Waals surface area (Å²) in [5, 5.41) is 5.01. The van der Waals surface area contributed by atoms with Gasteiger partial charge in [-0.15, -0.1) is 11.3 Å². The zero-order valence-electron chi connectivity index (χ0n) is 12.5. The van der Waals surface area contributed by atoms with Crippen molar-refractivity contribution >= 4 is 45.7 Å². The number of halogens is 1. The molecule has 2 heterocycles. The van der Waals surface area contributed by atoms with E-state index in [2.05, 4.69) is 27.9 Å². The Morgan fingerprint density at radius 1 is 1.13 bits per heavy atom. The number of nitrogens with one attached hydrogen (secondary N) is 1. The molecule has 0 bridgehead atoms. The highest BCUT2D eigenvalue weighted by Gasteiger charge is 2.25. The summed E-state index contributed by atoms with van der Waals surface area (Å²) in [7, 11) is 0. The van der Waals surface area contributed by atoms with Crippen molar-refractivity contribution < 1.29 is 9.59 Å². The van der Waals surface area contributed by atoms with E-state index in [1.807, 2.05) is 46.7 Å². The van der Waals surface area contributed by atoms with E-state index in [0.717, 1.165) is 21.3 Å². The summed E-state index contributed by atoms with van der Waals surface area (Å²) < 4.78 is 0.952. The third-order valence-corrected chi connectivity index (χ3v) is 5.77. The van der Waals surface area contributed by atoms with E-state index in [4.69, 9.17) is 0 Å². The van der Waals surface area contributed by atoms with E-state index in [1.165, 1.54) is 11.3 Å². The summed E-state index contributed by atoms with van der Waals surface area (Å²) in [5.74, 6) is 0.0698. The molecule has 0 atom stereocenters. The zero-order chi connectivity index (χ0) is 16.2. The first-order valence-corrected chi connectivity index (χ1v) is 9.49. The van der Waals surface area contributed by atoms with Crippen molar-refractivity contribution in [2.75, 3.05) is 13.1 Å². The molecule has 6 heteroatoms. The number of hydrogen-bond donors (Lipinski definition) is 1. The number of carbonyl (C=O) groups excluding carboxylic acids is 2. The summed E-state index contributed by atoms with van der Waals surface area (Å²) >= 11 is 3.65. The van der Waals surface area contributed by atoms with Crippen LogP contribution < -0.4 is 5.32 Å². The predicted molar refractivity (Wildman–Crippen MR) is 99.9 cm³/mol. The Bertz CT molecular complexity index is 694. The molecule has 120 valence electrons. The number of likely N-dealkylation sites (tertiary alicyclic amines) is 1. The fourth-order valence-corrected chi connectivity index (χ4v) is 4.01. The van der Waals surface area contributed by atoms with Crippen molar-refractivity contribution in [3.05, 3.63) is 55.8 Å². The van der Waals surface area contributed by atoms with Crippen LogP contribution in [0, 0.1) is 3.57 Å². The number of amides is 2. The Labute approximate surface area is 153 Å². The maximum absolute atomic E-state index is 12.3. The molecule has 1 fully saturated rings. The molecule has 2 aromatic rings. The Morgan fingerprint density at radius 2 is 1.87 bits per heavy atom. The lowest BCUT2D eigenvalue weighted by Crippen LogP contribution is -2.46. The molecule has 1 aliphatic rings. The molecule has 0 aliphatic carbocycles. The first kappa shape index (κ1) is 16.4. The van der Waals surface area contributed by atoms with Gasteiger partial charge >= 0.3 is 0 Å². The molecule has 1 aliphatic heterocycles. The van der Waals surface area contributed by atoms with Crippen molar-refractivity contribution in [3.8, 4) is 0 Å². The van der Waals surface area contributed by atoms with Crippen LogP contribution in [-0.4, -0.2) is 35.8 Å². The molecule has 3 rings (SSSR count). The number of rotatable bonds is 3. The van der Waals surface area contributed by atoms with Crippen LogP contribution in [0.4, 0.5) is 0 Å². The first-order valence-electron chi connectivity index (χ1n) is 7.53. The smallest absolute Gasteiger partial charge is 0.263 e. The molecule has 0 radical (unpaired) electrons. The van der Waals surface area contributed by atoms with Crippen molar-refractivity contribution in [1.29, 1.82) is 0 Å². The maximum atomic E-state index is 12.3. The van der Waals surface area contributed by atoms with Gasteiger partial charge in [0.2, 0.25) is 0 Å². The Kier molecular flexibility index (Phi) is 5.32. The van der Waals surface area contributed by atoms with Gasteiger partial charge in [0.05, 0.1) is 10.4 Å². The lowest BCUT2D eigenvalue weighted by molar-refractivity contribution is 0.0702. The highest BCUT2D eigenvalue weighted by Crippen LogP contribution is 2.18. The van der Waals surface area contributed by atoms with Gasteiger partial charge in [0.1, 0.15) is 0 Å². The van der Waals surface area contributed by atoms with Gasteiger partial charge in [-0.05, 0) is 59.0 Å². The molecule has 1 N–H and O–H groups in total. The van der Waals surface area contributed by atoms with E-state index in [9.17, 15) is 9.59 Å². The molecule has 0 unspecified atom stereocenters. The van der Waals surface area contributed by atoms with Gasteiger partial charge < -0.3 is 10.2 Å². The molecule has 1 aromatic heterocycles. The standard InChI is InChI=1S/C17H17IN2O2S/c18-14-5-2-1-4-13(14)16(21)19-12-7-9-20(10-8-12)17(22)15-6-3-11-23-15/h1-6,11-12H,7-10H2,(H,19,21). The number of carbonyl (C=O) groups is 2. The van der Waals surface area contributed by atoms with Crippen molar-refractivity contribution in [2.24, 2.45) is 0 Å². The normalized spacial score (nSPS) is 15.4. The van der Waals surface area contributed by atoms with Crippen LogP contribution in [0.2, 0.25) is 0 Å². The fraction of sp³-hybridized carbons (Fsp3) is 0.294. The van der Waals surface area contributed by atoms with Crippen molar-refractivity contribution in [2.45, 2.75) is 18.9 Å². The minimum atomic E-state index is -0.0296. The van der Waals surface area contributed by atoms with Crippen LogP contribution >= 0.6 is 33.9 Å². The lowest BCUT2D eigenvalue weighted by atomic mass is 10.0. The second-order valence-corrected chi connectivity index (χ2v) is 7.61. The van der Waals surface area contributed by atoms with Gasteiger partial charge in [-0.1, -0.05) is 18.2 Å². The summed E-state index contributed by atoms with van der Waals surface area (Å²) in [6.07, 6.45) is 1.60. The molecule has 2 amide bonds. The SMILES string of the molecule is O=C(NC1CCN(C(=O)c2cccs2)CC1)c1ccccc1I. The number of nitrogens with zero attached hydrogens (tertiary/aromatic N) is 1. The maximum Gasteiger partial charge on any atom is 0.263 e. The van der Waals surface area contributed by atoms with Crippen LogP contribution in [0.1, 0.15) is 32.9 Å². The highest BCUT2D eigenvalue weighted by molar-refractivity contribution is 14.1. The quantitative estimate of drug-likeness (QED) is 0.745. The average molecular weight is 440 g/mol. The Balaban J connectivity index is 1.54. The van der Waals surface area contributed by atoms with Gasteiger partial charge in [0.25, 0.3) is 11.8 Å². The molecule has 23 heavy (non-hydrogen) atoms. The van der Waals surface area contributed by atoms with Crippen LogP contribution in [0.15, 0.2) is 41.8 Å². The molecule has 1 saturated heterocycles. The van der Waals surface area contributed by atoms with Gasteiger partial charge in [0.15, 0.2) is 0 Å². The lowest BCUT2D eigenvalue weighted by Gasteiger charge is -2.32. The van der Waals surface area contributed by atoms with Gasteiger partial charge in [0, 0.05) is 22.7 Å². The second-order valence-electron chi connectivity index (χ2n) is 5.50. The third-order valence-electron chi connectivity index (χ3n) is 3.97. The molecule has 0 saturated carbocycles. The van der Waals surface area contributed by atoms with Crippen molar-refractivity contribution in [1.82, 2.24) is 10.2 Å². The number of thiophene rings is 1. The first-order chi connectivity index (χ1) is 11.1. The molecular weight excluding hydrogens is 423 g/mol. The Hall–Kier alpha value is -1.41. The topological polar surface area (TPSA) is 49.4 Å². The predicted octanol–water partition coefficient (Wildman–Crippen LogP) is 3.39. The summed E-state index contributed by atoms with van der Waals surface area (Å²) in [4.78, 5) is 27.3. The van der Waals surface area contributed by atoms with Crippen LogP contribution in [0.3, 0.4) is 0 Å². The van der Waals surface area contributed by atoms with E-state index in [0.29, 0.717) is 18.7 Å². The summed E-state index contributed by atoms with van der Waals surface area (Å²) in [6, 6.07) is 11.5. The number of benzene rings is 1. The van der Waals surface area contributed by atoms with E-state index >= 15 is 0 Å². The minimum absolute atomic E-state index is 0.0296. The number of piperidine rings is 1. The number of hydrogen-bond acceptors (Lipinski definition) is 3. The van der Waals surface area contributed by atoms with Gasteiger partial charge in [-0.3, -0.25) is 9.59 Å². The monoisotopic (exact) mass is 440 g/mol. The molecule has 0 spiro atoms. The molecular formula is C17H17IN2O2S. The summed E-state index contributed by atoms with van der Waals surface area (Å²) in [6.45, 7) is 1.38. The minimum Gasteiger partial charge on any atom is -0.349 e. The average Bonchev–Trinajstić information content (AvgIpc) is 3.09. The van der Waals surface area contributed by atoms with Crippen LogP contribution in [-0.2, 0) is 0 Å². The van der Waals surface area contributed by atoms with Crippen molar-refractivity contribution in [3.63, 3.8) is 0 Å². The van der Waals surface area contributed by atoms with E-state index < -0.39 is 0 Å². The fourth-order valence-electron chi connectivity index (χ4n) is 2.69. The van der Waals surface area contributed by atoms with E-state index in [1.54, 1.807) is 0 Å². The largest absolute Gasteiger partial charge is 0.349 e. The zero-order valence-corrected chi connectivity index (χ0v) is 15.5. The highest BCUT2D eigenvalue weighted by atomic mass is 127.